The Hall–Kier alpha value is -2.19. The Kier molecular flexibility index (Phi) is 5.83. The van der Waals surface area contributed by atoms with Crippen LogP contribution in [0.5, 0.6) is 0 Å². The number of halogens is 1. The number of nitriles is 1. The van der Waals surface area contributed by atoms with E-state index in [1.165, 1.54) is 0 Å². The molecule has 4 nitrogen and oxygen atoms in total. The molecule has 2 aromatic rings. The number of rotatable bonds is 5. The number of nitrogens with one attached hydrogen (secondary N) is 1. The Morgan fingerprint density at radius 2 is 2.16 bits per heavy atom. The Morgan fingerprint density at radius 3 is 2.88 bits per heavy atom. The van der Waals surface area contributed by atoms with Gasteiger partial charge in [-0.15, -0.1) is 0 Å². The lowest BCUT2D eigenvalue weighted by Gasteiger charge is -2.24. The highest BCUT2D eigenvalue weighted by atomic mass is 35.5. The van der Waals surface area contributed by atoms with Crippen molar-refractivity contribution in [1.82, 2.24) is 5.32 Å². The molecule has 0 spiro atoms. The van der Waals surface area contributed by atoms with Gasteiger partial charge in [0.2, 0.25) is 0 Å². The molecule has 3 rings (SSSR count). The smallest absolute Gasteiger partial charge is 0.141 e. The first-order valence-electron chi connectivity index (χ1n) is 8.27. The molecule has 5 heteroatoms. The summed E-state index contributed by atoms with van der Waals surface area (Å²) in [4.78, 5) is 12.3. The number of carbonyl (C=O) groups excluding carboxylic acids is 1. The predicted molar refractivity (Wildman–Crippen MR) is 96.6 cm³/mol. The first kappa shape index (κ1) is 17.6. The van der Waals surface area contributed by atoms with E-state index in [0.29, 0.717) is 23.6 Å². The van der Waals surface area contributed by atoms with Gasteiger partial charge in [0, 0.05) is 31.0 Å². The summed E-state index contributed by atoms with van der Waals surface area (Å²) in [5.41, 5.74) is 3.25. The fourth-order valence-corrected chi connectivity index (χ4v) is 3.20. The molecule has 2 aromatic carbocycles. The molecule has 1 saturated heterocycles. The summed E-state index contributed by atoms with van der Waals surface area (Å²) >= 11 is 6.37. The van der Waals surface area contributed by atoms with Crippen LogP contribution < -0.4 is 5.32 Å². The van der Waals surface area contributed by atoms with Crippen molar-refractivity contribution in [1.29, 1.82) is 5.26 Å². The second kappa shape index (κ2) is 8.26. The Morgan fingerprint density at radius 1 is 1.28 bits per heavy atom. The minimum Gasteiger partial charge on any atom is -0.371 e. The Labute approximate surface area is 152 Å². The second-order valence-electron chi connectivity index (χ2n) is 6.12. The summed E-state index contributed by atoms with van der Waals surface area (Å²) in [5.74, 6) is 0.0697. The predicted octanol–water partition coefficient (Wildman–Crippen LogP) is 3.23. The van der Waals surface area contributed by atoms with Crippen LogP contribution in [0.3, 0.4) is 0 Å². The molecule has 1 N–H and O–H groups in total. The third-order valence-corrected chi connectivity index (χ3v) is 4.57. The SMILES string of the molecule is N#Cc1cccc(CC(=O)Cc2ccc([C@H]3CNCCO3)cc2Cl)c1. The van der Waals surface area contributed by atoms with E-state index in [4.69, 9.17) is 21.6 Å². The topological polar surface area (TPSA) is 62.1 Å². The molecular weight excluding hydrogens is 336 g/mol. The van der Waals surface area contributed by atoms with Gasteiger partial charge in [-0.1, -0.05) is 35.9 Å². The minimum atomic E-state index is 0.00437. The van der Waals surface area contributed by atoms with E-state index in [1.54, 1.807) is 18.2 Å². The molecule has 1 aliphatic heterocycles. The highest BCUT2D eigenvalue weighted by Crippen LogP contribution is 2.25. The fraction of sp³-hybridized carbons (Fsp3) is 0.300. The monoisotopic (exact) mass is 354 g/mol. The lowest BCUT2D eigenvalue weighted by molar-refractivity contribution is -0.117. The summed E-state index contributed by atoms with van der Waals surface area (Å²) in [6.45, 7) is 2.32. The van der Waals surface area contributed by atoms with E-state index in [-0.39, 0.29) is 18.3 Å². The van der Waals surface area contributed by atoms with Gasteiger partial charge in [-0.25, -0.2) is 0 Å². The van der Waals surface area contributed by atoms with Gasteiger partial charge in [0.05, 0.1) is 24.3 Å². The number of ketones is 1. The number of Topliss-reactive ketones (excluding diaryl/α,β-unsaturated/α-hetero) is 1. The van der Waals surface area contributed by atoms with Crippen LogP contribution in [-0.4, -0.2) is 25.5 Å². The van der Waals surface area contributed by atoms with Crippen LogP contribution in [0.2, 0.25) is 5.02 Å². The number of morpholine rings is 1. The van der Waals surface area contributed by atoms with Gasteiger partial charge in [-0.3, -0.25) is 4.79 Å². The molecule has 0 unspecified atom stereocenters. The van der Waals surface area contributed by atoms with Crippen LogP contribution in [-0.2, 0) is 22.4 Å². The van der Waals surface area contributed by atoms with E-state index in [9.17, 15) is 4.79 Å². The molecule has 1 fully saturated rings. The first-order valence-corrected chi connectivity index (χ1v) is 8.65. The lowest BCUT2D eigenvalue weighted by atomic mass is 9.99. The van der Waals surface area contributed by atoms with Crippen molar-refractivity contribution in [2.24, 2.45) is 0 Å². The van der Waals surface area contributed by atoms with Crippen LogP contribution in [0.25, 0.3) is 0 Å². The first-order chi connectivity index (χ1) is 12.2. The molecule has 25 heavy (non-hydrogen) atoms. The van der Waals surface area contributed by atoms with Crippen molar-refractivity contribution in [3.05, 3.63) is 69.7 Å². The van der Waals surface area contributed by atoms with E-state index in [1.807, 2.05) is 24.3 Å². The fourth-order valence-electron chi connectivity index (χ4n) is 2.94. The molecule has 0 aromatic heterocycles. The molecular formula is C20H19ClN2O2. The molecule has 0 aliphatic carbocycles. The molecule has 0 bridgehead atoms. The van der Waals surface area contributed by atoms with Crippen molar-refractivity contribution in [2.75, 3.05) is 19.7 Å². The van der Waals surface area contributed by atoms with Crippen LogP contribution >= 0.6 is 11.6 Å². The summed E-state index contributed by atoms with van der Waals surface area (Å²) in [6.07, 6.45) is 0.577. The van der Waals surface area contributed by atoms with Crippen molar-refractivity contribution < 1.29 is 9.53 Å². The van der Waals surface area contributed by atoms with Gasteiger partial charge < -0.3 is 10.1 Å². The lowest BCUT2D eigenvalue weighted by Crippen LogP contribution is -2.33. The number of hydrogen-bond donors (Lipinski definition) is 1. The highest BCUT2D eigenvalue weighted by Gasteiger charge is 2.17. The maximum atomic E-state index is 12.3. The Balaban J connectivity index is 1.65. The largest absolute Gasteiger partial charge is 0.371 e. The van der Waals surface area contributed by atoms with Crippen molar-refractivity contribution in [2.45, 2.75) is 18.9 Å². The normalized spacial score (nSPS) is 17.0. The molecule has 0 saturated carbocycles. The van der Waals surface area contributed by atoms with Gasteiger partial charge in [0.15, 0.2) is 0 Å². The van der Waals surface area contributed by atoms with Gasteiger partial charge in [0.1, 0.15) is 5.78 Å². The molecule has 1 aliphatic rings. The van der Waals surface area contributed by atoms with Crippen molar-refractivity contribution >= 4 is 17.4 Å². The van der Waals surface area contributed by atoms with Crippen LogP contribution in [0.1, 0.15) is 28.4 Å². The molecule has 1 atom stereocenters. The standard InChI is InChI=1S/C20H19ClN2O2/c21-19-11-17(20-13-23-6-7-25-20)5-4-16(19)10-18(24)9-14-2-1-3-15(8-14)12-22/h1-5,8,11,20,23H,6-7,9-10,13H2/t20-/m1/s1. The minimum absolute atomic E-state index is 0.00437. The van der Waals surface area contributed by atoms with Gasteiger partial charge in [0.25, 0.3) is 0 Å². The molecule has 128 valence electrons. The van der Waals surface area contributed by atoms with Gasteiger partial charge >= 0.3 is 0 Å². The second-order valence-corrected chi connectivity index (χ2v) is 6.53. The van der Waals surface area contributed by atoms with Crippen molar-refractivity contribution in [3.63, 3.8) is 0 Å². The van der Waals surface area contributed by atoms with E-state index < -0.39 is 0 Å². The summed E-state index contributed by atoms with van der Waals surface area (Å²) < 4.78 is 5.73. The average molecular weight is 355 g/mol. The van der Waals surface area contributed by atoms with Crippen LogP contribution in [0, 0.1) is 11.3 Å². The van der Waals surface area contributed by atoms with Crippen LogP contribution in [0.15, 0.2) is 42.5 Å². The van der Waals surface area contributed by atoms with E-state index >= 15 is 0 Å². The quantitative estimate of drug-likeness (QED) is 0.895. The van der Waals surface area contributed by atoms with Gasteiger partial charge in [-0.05, 0) is 34.9 Å². The highest BCUT2D eigenvalue weighted by molar-refractivity contribution is 6.31. The zero-order chi connectivity index (χ0) is 17.6. The molecule has 0 amide bonds. The number of ether oxygens (including phenoxy) is 1. The van der Waals surface area contributed by atoms with Gasteiger partial charge in [-0.2, -0.15) is 5.26 Å². The van der Waals surface area contributed by atoms with Crippen molar-refractivity contribution in [3.8, 4) is 6.07 Å². The van der Waals surface area contributed by atoms with Crippen LogP contribution in [0.4, 0.5) is 0 Å². The zero-order valence-electron chi connectivity index (χ0n) is 13.8. The Bertz CT molecular complexity index is 808. The number of benzene rings is 2. The third kappa shape index (κ3) is 4.67. The van der Waals surface area contributed by atoms with E-state index in [2.05, 4.69) is 11.4 Å². The summed E-state index contributed by atoms with van der Waals surface area (Å²) in [5, 5.41) is 12.8. The zero-order valence-corrected chi connectivity index (χ0v) is 14.6. The maximum absolute atomic E-state index is 12.3. The maximum Gasteiger partial charge on any atom is 0.141 e. The molecule has 0 radical (unpaired) electrons. The summed E-state index contributed by atoms with van der Waals surface area (Å²) in [7, 11) is 0. The number of hydrogen-bond acceptors (Lipinski definition) is 4. The number of carbonyl (C=O) groups is 1. The summed E-state index contributed by atoms with van der Waals surface area (Å²) in [6, 6.07) is 15.0. The average Bonchev–Trinajstić information content (AvgIpc) is 2.64. The molecule has 1 heterocycles. The van der Waals surface area contributed by atoms with E-state index in [0.717, 1.165) is 29.8 Å². The third-order valence-electron chi connectivity index (χ3n) is 4.22. The number of nitrogens with zero attached hydrogens (tertiary/aromatic N) is 1.